The highest BCUT2D eigenvalue weighted by molar-refractivity contribution is 6.30. The lowest BCUT2D eigenvalue weighted by Crippen LogP contribution is -2.14. The first-order valence-corrected chi connectivity index (χ1v) is 6.74. The maximum atomic E-state index is 14.0. The molecule has 3 unspecified atom stereocenters. The van der Waals surface area contributed by atoms with E-state index in [1.165, 1.54) is 0 Å². The molecule has 0 spiro atoms. The number of rotatable bonds is 1. The van der Waals surface area contributed by atoms with Crippen LogP contribution in [0.15, 0.2) is 24.3 Å². The Hall–Kier alpha value is -1.67. The van der Waals surface area contributed by atoms with Crippen LogP contribution in [0.2, 0.25) is 5.02 Å². The maximum absolute atomic E-state index is 14.0. The first-order valence-electron chi connectivity index (χ1n) is 6.36. The van der Waals surface area contributed by atoms with Crippen molar-refractivity contribution in [2.24, 2.45) is 0 Å². The normalized spacial score (nSPS) is 24.1. The number of benzene rings is 1. The van der Waals surface area contributed by atoms with Crippen molar-refractivity contribution < 1.29 is 31.4 Å². The molecule has 2 nitrogen and oxygen atoms in total. The molecule has 0 fully saturated rings. The Labute approximate surface area is 130 Å². The number of aromatic nitrogens is 1. The third-order valence-corrected chi connectivity index (χ3v) is 3.85. The maximum Gasteiger partial charge on any atom is 0.418 e. The van der Waals surface area contributed by atoms with Gasteiger partial charge in [0.15, 0.2) is 6.17 Å². The Morgan fingerprint density at radius 1 is 1.09 bits per heavy atom. The fraction of sp³-hybridized carbons (Fsp3) is 0.286. The first-order chi connectivity index (χ1) is 10.6. The van der Waals surface area contributed by atoms with E-state index in [4.69, 9.17) is 11.6 Å². The van der Waals surface area contributed by atoms with E-state index < -0.39 is 47.5 Å². The highest BCUT2D eigenvalue weighted by atomic mass is 35.5. The summed E-state index contributed by atoms with van der Waals surface area (Å²) in [6, 6.07) is 3.43. The van der Waals surface area contributed by atoms with Crippen molar-refractivity contribution in [3.63, 3.8) is 0 Å². The number of nitrogens with zero attached hydrogens (tertiary/aromatic N) is 1. The molecule has 1 aliphatic rings. The van der Waals surface area contributed by atoms with Crippen LogP contribution in [0, 0.1) is 5.82 Å². The minimum absolute atomic E-state index is 0.116. The highest BCUT2D eigenvalue weighted by Crippen LogP contribution is 2.49. The Morgan fingerprint density at radius 2 is 1.74 bits per heavy atom. The molecule has 0 saturated heterocycles. The van der Waals surface area contributed by atoms with Gasteiger partial charge in [0, 0.05) is 10.6 Å². The molecule has 3 atom stereocenters. The van der Waals surface area contributed by atoms with Gasteiger partial charge >= 0.3 is 6.18 Å². The van der Waals surface area contributed by atoms with E-state index in [1.807, 2.05) is 0 Å². The van der Waals surface area contributed by atoms with Crippen molar-refractivity contribution in [1.29, 1.82) is 0 Å². The van der Waals surface area contributed by atoms with Crippen LogP contribution < -0.4 is 0 Å². The second kappa shape index (κ2) is 5.17. The molecule has 23 heavy (non-hydrogen) atoms. The number of hydrogen-bond donors (Lipinski definition) is 1. The van der Waals surface area contributed by atoms with Gasteiger partial charge in [-0.25, -0.2) is 13.2 Å². The van der Waals surface area contributed by atoms with Gasteiger partial charge in [0.05, 0.1) is 17.0 Å². The van der Waals surface area contributed by atoms with E-state index >= 15 is 0 Å². The number of alkyl halides is 5. The molecule has 3 rings (SSSR count). The number of fused-ring (bicyclic) bond motifs is 1. The lowest BCUT2D eigenvalue weighted by atomic mass is 10.1. The van der Waals surface area contributed by atoms with E-state index in [2.05, 4.69) is 0 Å². The SMILES string of the molecule is OC1c2c(C(F)(F)F)cc(-c3cc(F)cc(Cl)c3)n2C(F)C1F. The van der Waals surface area contributed by atoms with Gasteiger partial charge in [-0.1, -0.05) is 11.6 Å². The molecule has 1 aromatic carbocycles. The van der Waals surface area contributed by atoms with Crippen LogP contribution in [-0.2, 0) is 6.18 Å². The minimum Gasteiger partial charge on any atom is -0.384 e. The van der Waals surface area contributed by atoms with Gasteiger partial charge in [-0.2, -0.15) is 13.2 Å². The van der Waals surface area contributed by atoms with Gasteiger partial charge in [-0.15, -0.1) is 0 Å². The van der Waals surface area contributed by atoms with E-state index in [0.29, 0.717) is 10.6 Å². The summed E-state index contributed by atoms with van der Waals surface area (Å²) in [6.07, 6.45) is -12.3. The second-order valence-electron chi connectivity index (χ2n) is 5.12. The predicted molar refractivity (Wildman–Crippen MR) is 69.8 cm³/mol. The summed E-state index contributed by atoms with van der Waals surface area (Å²) >= 11 is 5.65. The molecule has 0 saturated carbocycles. The molecule has 2 heterocycles. The molecule has 9 heteroatoms. The molecule has 124 valence electrons. The Morgan fingerprint density at radius 3 is 2.30 bits per heavy atom. The largest absolute Gasteiger partial charge is 0.418 e. The summed E-state index contributed by atoms with van der Waals surface area (Å²) in [7, 11) is 0. The molecule has 1 N–H and O–H groups in total. The van der Waals surface area contributed by atoms with Gasteiger partial charge < -0.3 is 9.67 Å². The number of aliphatic hydroxyl groups excluding tert-OH is 1. The molecule has 0 amide bonds. The van der Waals surface area contributed by atoms with Crippen molar-refractivity contribution >= 4 is 11.6 Å². The van der Waals surface area contributed by atoms with Gasteiger partial charge in [0.25, 0.3) is 0 Å². The summed E-state index contributed by atoms with van der Waals surface area (Å²) in [5.41, 5.74) is -2.87. The summed E-state index contributed by atoms with van der Waals surface area (Å²) < 4.78 is 80.8. The van der Waals surface area contributed by atoms with E-state index in [1.54, 1.807) is 0 Å². The molecular formula is C14H8ClF6NO. The van der Waals surface area contributed by atoms with Crippen molar-refractivity contribution in [3.8, 4) is 11.3 Å². The molecule has 2 aromatic rings. The fourth-order valence-corrected chi connectivity index (χ4v) is 2.92. The van der Waals surface area contributed by atoms with Crippen molar-refractivity contribution in [3.05, 3.63) is 46.4 Å². The highest BCUT2D eigenvalue weighted by Gasteiger charge is 2.49. The molecule has 0 radical (unpaired) electrons. The monoisotopic (exact) mass is 355 g/mol. The standard InChI is InChI=1S/C14H8ClF6NO/c15-6-1-5(2-7(16)3-6)9-4-8(14(19,20)21)11-12(23)10(17)13(18)22(9)11/h1-4,10,12-13,23H. The zero-order chi connectivity index (χ0) is 17.1. The fourth-order valence-electron chi connectivity index (χ4n) is 2.70. The lowest BCUT2D eigenvalue weighted by Gasteiger charge is -2.11. The van der Waals surface area contributed by atoms with Crippen LogP contribution in [0.5, 0.6) is 0 Å². The van der Waals surface area contributed by atoms with Crippen molar-refractivity contribution in [2.45, 2.75) is 24.7 Å². The van der Waals surface area contributed by atoms with Crippen LogP contribution in [-0.4, -0.2) is 15.8 Å². The number of hydrogen-bond acceptors (Lipinski definition) is 1. The van der Waals surface area contributed by atoms with Gasteiger partial charge in [-0.05, 0) is 24.3 Å². The van der Waals surface area contributed by atoms with E-state index in [9.17, 15) is 31.4 Å². The average Bonchev–Trinajstić information content (AvgIpc) is 2.92. The molecule has 0 bridgehead atoms. The molecule has 1 aliphatic heterocycles. The average molecular weight is 356 g/mol. The topological polar surface area (TPSA) is 25.2 Å². The second-order valence-corrected chi connectivity index (χ2v) is 5.55. The van der Waals surface area contributed by atoms with Gasteiger partial charge in [-0.3, -0.25) is 0 Å². The third kappa shape index (κ3) is 2.49. The zero-order valence-corrected chi connectivity index (χ0v) is 11.8. The van der Waals surface area contributed by atoms with Crippen molar-refractivity contribution in [2.75, 3.05) is 0 Å². The molecule has 0 aliphatic carbocycles. The summed E-state index contributed by atoms with van der Waals surface area (Å²) in [5, 5.41) is 9.48. The van der Waals surface area contributed by atoms with Gasteiger partial charge in [0.2, 0.25) is 6.30 Å². The Kier molecular flexibility index (Phi) is 3.64. The minimum atomic E-state index is -4.93. The van der Waals surface area contributed by atoms with E-state index in [-0.39, 0.29) is 10.6 Å². The summed E-state index contributed by atoms with van der Waals surface area (Å²) in [4.78, 5) is 0. The Bertz CT molecular complexity index is 751. The third-order valence-electron chi connectivity index (χ3n) is 3.63. The number of aliphatic hydroxyl groups is 1. The summed E-state index contributed by atoms with van der Waals surface area (Å²) in [5.74, 6) is -0.845. The van der Waals surface area contributed by atoms with Crippen molar-refractivity contribution in [1.82, 2.24) is 4.57 Å². The van der Waals surface area contributed by atoms with Crippen LogP contribution in [0.4, 0.5) is 26.3 Å². The zero-order valence-electron chi connectivity index (χ0n) is 11.1. The van der Waals surface area contributed by atoms with Crippen LogP contribution in [0.1, 0.15) is 23.7 Å². The number of halogens is 7. The summed E-state index contributed by atoms with van der Waals surface area (Å²) in [6.45, 7) is 0. The van der Waals surface area contributed by atoms with Crippen LogP contribution in [0.25, 0.3) is 11.3 Å². The Balaban J connectivity index is 2.30. The van der Waals surface area contributed by atoms with E-state index in [0.717, 1.165) is 18.2 Å². The van der Waals surface area contributed by atoms with Gasteiger partial charge in [0.1, 0.15) is 11.9 Å². The van der Waals surface area contributed by atoms with Crippen LogP contribution in [0.3, 0.4) is 0 Å². The predicted octanol–water partition coefficient (Wildman–Crippen LogP) is 4.82. The molecule has 1 aromatic heterocycles. The van der Waals surface area contributed by atoms with Crippen LogP contribution >= 0.6 is 11.6 Å². The quantitative estimate of drug-likeness (QED) is 0.729. The smallest absolute Gasteiger partial charge is 0.384 e. The molecular weight excluding hydrogens is 348 g/mol. The lowest BCUT2D eigenvalue weighted by molar-refractivity contribution is -0.139. The first kappa shape index (κ1) is 16.2.